The van der Waals surface area contributed by atoms with Crippen molar-refractivity contribution in [1.82, 2.24) is 10.2 Å². The van der Waals surface area contributed by atoms with Crippen molar-refractivity contribution in [2.24, 2.45) is 11.3 Å². The Bertz CT molecular complexity index is 645. The van der Waals surface area contributed by atoms with Crippen LogP contribution in [-0.2, 0) is 11.2 Å². The van der Waals surface area contributed by atoms with E-state index in [1.54, 1.807) is 4.90 Å². The summed E-state index contributed by atoms with van der Waals surface area (Å²) in [7, 11) is 0. The summed E-state index contributed by atoms with van der Waals surface area (Å²) >= 11 is 0. The van der Waals surface area contributed by atoms with Gasteiger partial charge in [-0.25, -0.2) is 4.79 Å². The van der Waals surface area contributed by atoms with E-state index in [2.05, 4.69) is 25.2 Å². The van der Waals surface area contributed by atoms with Crippen LogP contribution in [0.3, 0.4) is 0 Å². The van der Waals surface area contributed by atoms with Crippen molar-refractivity contribution < 1.29 is 14.6 Å². The molecule has 1 aromatic rings. The van der Waals surface area contributed by atoms with E-state index in [0.29, 0.717) is 12.5 Å². The lowest BCUT2D eigenvalue weighted by Gasteiger charge is -2.55. The minimum absolute atomic E-state index is 0.0285. The highest BCUT2D eigenvalue weighted by atomic mass is 16.5. The molecule has 0 spiro atoms. The molecule has 5 nitrogen and oxygen atoms in total. The average molecular weight is 330 g/mol. The van der Waals surface area contributed by atoms with Crippen molar-refractivity contribution in [3.63, 3.8) is 0 Å². The molecule has 24 heavy (non-hydrogen) atoms. The zero-order chi connectivity index (χ0) is 16.9. The monoisotopic (exact) mass is 330 g/mol. The van der Waals surface area contributed by atoms with E-state index in [9.17, 15) is 9.90 Å². The Labute approximate surface area is 143 Å². The number of nitrogens with zero attached hydrogens (tertiary/aromatic N) is 1. The standard InChI is InChI=1S/C19H26N2O3/c1-19(2)16(14-8-10-24-17(14)19)20-18(23)21-9-7-12-5-3-4-6-13(12)15(21)11-22/h3-6,14-17,22H,7-11H2,1-2H3,(H,20,23). The van der Waals surface area contributed by atoms with Crippen molar-refractivity contribution in [3.8, 4) is 0 Å². The summed E-state index contributed by atoms with van der Waals surface area (Å²) in [5.74, 6) is 0.425. The highest BCUT2D eigenvalue weighted by Gasteiger charge is 2.60. The Balaban J connectivity index is 1.51. The van der Waals surface area contributed by atoms with Gasteiger partial charge in [-0.05, 0) is 24.0 Å². The number of benzene rings is 1. The molecule has 0 radical (unpaired) electrons. The zero-order valence-corrected chi connectivity index (χ0v) is 14.4. The fourth-order valence-electron chi connectivity index (χ4n) is 4.92. The number of amides is 2. The summed E-state index contributed by atoms with van der Waals surface area (Å²) in [6.45, 7) is 5.72. The Morgan fingerprint density at radius 3 is 3.00 bits per heavy atom. The number of nitrogens with one attached hydrogen (secondary N) is 1. The maximum atomic E-state index is 12.9. The van der Waals surface area contributed by atoms with Crippen LogP contribution in [0.2, 0.25) is 0 Å². The van der Waals surface area contributed by atoms with Gasteiger partial charge < -0.3 is 20.1 Å². The SMILES string of the molecule is CC1(C)C(NC(=O)N2CCc3ccccc3C2CO)C2CCOC21. The predicted octanol–water partition coefficient (Wildman–Crippen LogP) is 2.10. The van der Waals surface area contributed by atoms with E-state index >= 15 is 0 Å². The fraction of sp³-hybridized carbons (Fsp3) is 0.632. The van der Waals surface area contributed by atoms with Crippen LogP contribution in [0.4, 0.5) is 4.79 Å². The van der Waals surface area contributed by atoms with Gasteiger partial charge in [0, 0.05) is 30.5 Å². The number of carbonyl (C=O) groups is 1. The first-order valence-corrected chi connectivity index (χ1v) is 8.91. The molecule has 0 aromatic heterocycles. The summed E-state index contributed by atoms with van der Waals surface area (Å²) in [4.78, 5) is 14.7. The highest BCUT2D eigenvalue weighted by Crippen LogP contribution is 2.52. The number of hydrogen-bond acceptors (Lipinski definition) is 3. The molecule has 2 amide bonds. The number of aliphatic hydroxyl groups excluding tert-OH is 1. The van der Waals surface area contributed by atoms with Crippen molar-refractivity contribution >= 4 is 6.03 Å². The molecular formula is C19H26N2O3. The van der Waals surface area contributed by atoms with E-state index in [4.69, 9.17) is 4.74 Å². The van der Waals surface area contributed by atoms with E-state index in [0.717, 1.165) is 25.0 Å². The van der Waals surface area contributed by atoms with Gasteiger partial charge >= 0.3 is 6.03 Å². The van der Waals surface area contributed by atoms with Gasteiger partial charge in [0.1, 0.15) is 0 Å². The topological polar surface area (TPSA) is 61.8 Å². The Morgan fingerprint density at radius 1 is 1.42 bits per heavy atom. The first-order valence-electron chi connectivity index (χ1n) is 8.91. The van der Waals surface area contributed by atoms with Crippen molar-refractivity contribution in [3.05, 3.63) is 35.4 Å². The first kappa shape index (κ1) is 15.9. The van der Waals surface area contributed by atoms with E-state index in [1.807, 2.05) is 18.2 Å². The van der Waals surface area contributed by atoms with Crippen LogP contribution in [0.25, 0.3) is 0 Å². The van der Waals surface area contributed by atoms with Crippen LogP contribution in [-0.4, -0.2) is 47.9 Å². The third-order valence-electron chi connectivity index (χ3n) is 6.23. The summed E-state index contributed by atoms with van der Waals surface area (Å²) in [5.41, 5.74) is 2.27. The third kappa shape index (κ3) is 2.25. The van der Waals surface area contributed by atoms with Crippen LogP contribution in [0.1, 0.15) is 37.4 Å². The summed E-state index contributed by atoms with van der Waals surface area (Å²) in [6.07, 6.45) is 2.12. The third-order valence-corrected chi connectivity index (χ3v) is 6.23. The van der Waals surface area contributed by atoms with Crippen LogP contribution in [0.5, 0.6) is 0 Å². The molecule has 2 heterocycles. The Morgan fingerprint density at radius 2 is 2.21 bits per heavy atom. The van der Waals surface area contributed by atoms with Gasteiger partial charge in [0.05, 0.1) is 18.8 Å². The second-order valence-electron chi connectivity index (χ2n) is 7.83. The minimum atomic E-state index is -0.256. The van der Waals surface area contributed by atoms with Gasteiger partial charge in [0.25, 0.3) is 0 Å². The van der Waals surface area contributed by atoms with Gasteiger partial charge in [-0.3, -0.25) is 0 Å². The quantitative estimate of drug-likeness (QED) is 0.873. The maximum absolute atomic E-state index is 12.9. The minimum Gasteiger partial charge on any atom is -0.394 e. The molecule has 1 saturated heterocycles. The molecule has 1 aliphatic carbocycles. The van der Waals surface area contributed by atoms with Gasteiger partial charge in [-0.15, -0.1) is 0 Å². The van der Waals surface area contributed by atoms with Gasteiger partial charge in [0.15, 0.2) is 0 Å². The first-order chi connectivity index (χ1) is 11.5. The van der Waals surface area contributed by atoms with Crippen molar-refractivity contribution in [2.45, 2.75) is 44.9 Å². The van der Waals surface area contributed by atoms with Gasteiger partial charge in [-0.1, -0.05) is 38.1 Å². The Hall–Kier alpha value is -1.59. The fourth-order valence-corrected chi connectivity index (χ4v) is 4.92. The molecular weight excluding hydrogens is 304 g/mol. The van der Waals surface area contributed by atoms with Crippen LogP contribution in [0.15, 0.2) is 24.3 Å². The average Bonchev–Trinajstić information content (AvgIpc) is 3.05. The molecule has 3 aliphatic rings. The number of aliphatic hydroxyl groups is 1. The molecule has 2 aliphatic heterocycles. The van der Waals surface area contributed by atoms with E-state index in [1.165, 1.54) is 5.56 Å². The molecule has 0 bridgehead atoms. The summed E-state index contributed by atoms with van der Waals surface area (Å²) in [6, 6.07) is 7.92. The van der Waals surface area contributed by atoms with Gasteiger partial charge in [0.2, 0.25) is 0 Å². The lowest BCUT2D eigenvalue weighted by molar-refractivity contribution is -0.109. The lowest BCUT2D eigenvalue weighted by Crippen LogP contribution is -2.68. The number of carbonyl (C=O) groups excluding carboxylic acids is 1. The second-order valence-corrected chi connectivity index (χ2v) is 7.83. The zero-order valence-electron chi connectivity index (χ0n) is 14.4. The maximum Gasteiger partial charge on any atom is 0.318 e. The number of hydrogen-bond donors (Lipinski definition) is 2. The highest BCUT2D eigenvalue weighted by molar-refractivity contribution is 5.76. The lowest BCUT2D eigenvalue weighted by atomic mass is 9.57. The summed E-state index contributed by atoms with van der Waals surface area (Å²) in [5, 5.41) is 13.1. The molecule has 2 N–H and O–H groups in total. The predicted molar refractivity (Wildman–Crippen MR) is 90.6 cm³/mol. The smallest absolute Gasteiger partial charge is 0.318 e. The molecule has 1 aromatic carbocycles. The molecule has 4 rings (SSSR count). The van der Waals surface area contributed by atoms with Crippen LogP contribution in [0, 0.1) is 11.3 Å². The van der Waals surface area contributed by atoms with Crippen molar-refractivity contribution in [2.75, 3.05) is 19.8 Å². The number of ether oxygens (including phenoxy) is 1. The van der Waals surface area contributed by atoms with E-state index < -0.39 is 0 Å². The van der Waals surface area contributed by atoms with Gasteiger partial charge in [-0.2, -0.15) is 0 Å². The molecule has 4 unspecified atom stereocenters. The van der Waals surface area contributed by atoms with E-state index in [-0.39, 0.29) is 36.2 Å². The number of fused-ring (bicyclic) bond motifs is 2. The number of rotatable bonds is 2. The molecule has 5 heteroatoms. The molecule has 1 saturated carbocycles. The van der Waals surface area contributed by atoms with Crippen molar-refractivity contribution in [1.29, 1.82) is 0 Å². The molecule has 4 atom stereocenters. The normalized spacial score (nSPS) is 33.4. The molecule has 130 valence electrons. The second kappa shape index (κ2) is 5.74. The van der Waals surface area contributed by atoms with Crippen LogP contribution >= 0.6 is 0 Å². The molecule has 2 fully saturated rings. The summed E-state index contributed by atoms with van der Waals surface area (Å²) < 4.78 is 5.81. The number of urea groups is 1. The Kier molecular flexibility index (Phi) is 3.81. The largest absolute Gasteiger partial charge is 0.394 e. The van der Waals surface area contributed by atoms with Crippen LogP contribution < -0.4 is 5.32 Å².